The van der Waals surface area contributed by atoms with Crippen molar-refractivity contribution in [3.63, 3.8) is 0 Å². The Morgan fingerprint density at radius 2 is 1.89 bits per heavy atom. The largest absolute Gasteiger partial charge is 0.462 e. The SMILES string of the molecule is CCOC(=O)c1cccc(NC(=O)c2cccnc2SCc2ccncc2)c1. The molecule has 0 spiro atoms. The molecule has 0 saturated carbocycles. The molecular weight excluding hydrogens is 374 g/mol. The third-order valence-electron chi connectivity index (χ3n) is 3.77. The molecule has 2 aromatic heterocycles. The molecule has 28 heavy (non-hydrogen) atoms. The molecule has 0 unspecified atom stereocenters. The van der Waals surface area contributed by atoms with E-state index >= 15 is 0 Å². The van der Waals surface area contributed by atoms with Crippen LogP contribution in [-0.4, -0.2) is 28.5 Å². The van der Waals surface area contributed by atoms with Crippen LogP contribution in [0.5, 0.6) is 0 Å². The highest BCUT2D eigenvalue weighted by atomic mass is 32.2. The van der Waals surface area contributed by atoms with Crippen molar-refractivity contribution in [3.8, 4) is 0 Å². The minimum Gasteiger partial charge on any atom is -0.462 e. The number of hydrogen-bond acceptors (Lipinski definition) is 6. The van der Waals surface area contributed by atoms with E-state index in [1.165, 1.54) is 11.8 Å². The molecular formula is C21H19N3O3S. The first-order chi connectivity index (χ1) is 13.7. The van der Waals surface area contributed by atoms with Gasteiger partial charge in [-0.05, 0) is 55.0 Å². The summed E-state index contributed by atoms with van der Waals surface area (Å²) in [4.78, 5) is 33.0. The number of carbonyl (C=O) groups is 2. The second-order valence-electron chi connectivity index (χ2n) is 5.76. The number of carbonyl (C=O) groups excluding carboxylic acids is 2. The van der Waals surface area contributed by atoms with Crippen molar-refractivity contribution in [2.24, 2.45) is 0 Å². The molecule has 0 bridgehead atoms. The maximum atomic E-state index is 12.8. The van der Waals surface area contributed by atoms with Gasteiger partial charge in [-0.1, -0.05) is 6.07 Å². The van der Waals surface area contributed by atoms with Crippen LogP contribution in [0.3, 0.4) is 0 Å². The first kappa shape index (κ1) is 19.6. The van der Waals surface area contributed by atoms with Gasteiger partial charge in [0, 0.05) is 30.0 Å². The quantitative estimate of drug-likeness (QED) is 0.479. The standard InChI is InChI=1S/C21H19N3O3S/c1-2-27-21(26)16-5-3-6-17(13-16)24-19(25)18-7-4-10-23-20(18)28-14-15-8-11-22-12-9-15/h3-13H,2,14H2,1H3,(H,24,25). The molecule has 0 aliphatic heterocycles. The van der Waals surface area contributed by atoms with Gasteiger partial charge in [0.25, 0.3) is 5.91 Å². The lowest BCUT2D eigenvalue weighted by molar-refractivity contribution is 0.0526. The van der Waals surface area contributed by atoms with Crippen LogP contribution < -0.4 is 5.32 Å². The van der Waals surface area contributed by atoms with E-state index in [-0.39, 0.29) is 5.91 Å². The Balaban J connectivity index is 1.73. The van der Waals surface area contributed by atoms with Crippen LogP contribution in [0.1, 0.15) is 33.2 Å². The Morgan fingerprint density at radius 1 is 1.07 bits per heavy atom. The fourth-order valence-corrected chi connectivity index (χ4v) is 3.39. The molecule has 3 rings (SSSR count). The fourth-order valence-electron chi connectivity index (χ4n) is 2.45. The van der Waals surface area contributed by atoms with Gasteiger partial charge in [0.15, 0.2) is 0 Å². The van der Waals surface area contributed by atoms with Gasteiger partial charge in [0.2, 0.25) is 0 Å². The second kappa shape index (κ2) is 9.66. The number of nitrogens with one attached hydrogen (secondary N) is 1. The topological polar surface area (TPSA) is 81.2 Å². The Bertz CT molecular complexity index is 964. The van der Waals surface area contributed by atoms with E-state index in [0.29, 0.717) is 34.2 Å². The third-order valence-corrected chi connectivity index (χ3v) is 4.85. The zero-order chi connectivity index (χ0) is 19.8. The van der Waals surface area contributed by atoms with Crippen LogP contribution in [0.25, 0.3) is 0 Å². The number of esters is 1. The van der Waals surface area contributed by atoms with Crippen molar-refractivity contribution in [3.05, 3.63) is 83.8 Å². The molecule has 7 heteroatoms. The van der Waals surface area contributed by atoms with Crippen LogP contribution in [0.15, 0.2) is 72.1 Å². The van der Waals surface area contributed by atoms with Crippen molar-refractivity contribution in [1.29, 1.82) is 0 Å². The zero-order valence-electron chi connectivity index (χ0n) is 15.3. The van der Waals surface area contributed by atoms with Crippen molar-refractivity contribution >= 4 is 29.3 Å². The average Bonchev–Trinajstić information content (AvgIpc) is 2.73. The van der Waals surface area contributed by atoms with Crippen LogP contribution in [0.4, 0.5) is 5.69 Å². The summed E-state index contributed by atoms with van der Waals surface area (Å²) in [7, 11) is 0. The molecule has 142 valence electrons. The first-order valence-electron chi connectivity index (χ1n) is 8.72. The van der Waals surface area contributed by atoms with Gasteiger partial charge in [-0.2, -0.15) is 0 Å². The van der Waals surface area contributed by atoms with Gasteiger partial charge in [-0.15, -0.1) is 11.8 Å². The lowest BCUT2D eigenvalue weighted by Gasteiger charge is -2.10. The number of benzene rings is 1. The molecule has 1 amide bonds. The molecule has 0 aliphatic carbocycles. The normalized spacial score (nSPS) is 10.3. The summed E-state index contributed by atoms with van der Waals surface area (Å²) in [6.45, 7) is 2.04. The van der Waals surface area contributed by atoms with Crippen LogP contribution >= 0.6 is 11.8 Å². The number of hydrogen-bond donors (Lipinski definition) is 1. The number of ether oxygens (including phenoxy) is 1. The van der Waals surface area contributed by atoms with Crippen LogP contribution in [-0.2, 0) is 10.5 Å². The molecule has 0 radical (unpaired) electrons. The molecule has 0 saturated heterocycles. The fraction of sp³-hybridized carbons (Fsp3) is 0.143. The minimum absolute atomic E-state index is 0.286. The van der Waals surface area contributed by atoms with Crippen molar-refractivity contribution < 1.29 is 14.3 Å². The summed E-state index contributed by atoms with van der Waals surface area (Å²) < 4.78 is 5.00. The monoisotopic (exact) mass is 393 g/mol. The molecule has 2 heterocycles. The van der Waals surface area contributed by atoms with Crippen LogP contribution in [0, 0.1) is 0 Å². The number of aromatic nitrogens is 2. The van der Waals surface area contributed by atoms with Crippen molar-refractivity contribution in [1.82, 2.24) is 9.97 Å². The number of rotatable bonds is 7. The van der Waals surface area contributed by atoms with Gasteiger partial charge >= 0.3 is 5.97 Å². The summed E-state index contributed by atoms with van der Waals surface area (Å²) in [6.07, 6.45) is 5.13. The van der Waals surface area contributed by atoms with E-state index < -0.39 is 5.97 Å². The Labute approximate surface area is 167 Å². The average molecular weight is 393 g/mol. The van der Waals surface area contributed by atoms with E-state index in [0.717, 1.165) is 5.56 Å². The Morgan fingerprint density at radius 3 is 2.68 bits per heavy atom. The smallest absolute Gasteiger partial charge is 0.338 e. The molecule has 3 aromatic rings. The Hall–Kier alpha value is -3.19. The summed E-state index contributed by atoms with van der Waals surface area (Å²) in [5.74, 6) is -0.0297. The van der Waals surface area contributed by atoms with Gasteiger partial charge < -0.3 is 10.1 Å². The van der Waals surface area contributed by atoms with Gasteiger partial charge in [-0.25, -0.2) is 9.78 Å². The number of pyridine rings is 2. The van der Waals surface area contributed by atoms with E-state index in [9.17, 15) is 9.59 Å². The van der Waals surface area contributed by atoms with E-state index in [4.69, 9.17) is 4.74 Å². The third kappa shape index (κ3) is 5.17. The minimum atomic E-state index is -0.423. The van der Waals surface area contributed by atoms with Gasteiger partial charge in [0.1, 0.15) is 5.03 Å². The lowest BCUT2D eigenvalue weighted by atomic mass is 10.2. The summed E-state index contributed by atoms with van der Waals surface area (Å²) >= 11 is 1.48. The first-order valence-corrected chi connectivity index (χ1v) is 9.71. The molecule has 0 aliphatic rings. The lowest BCUT2D eigenvalue weighted by Crippen LogP contribution is -2.14. The van der Waals surface area contributed by atoms with E-state index in [1.54, 1.807) is 61.9 Å². The molecule has 1 aromatic carbocycles. The van der Waals surface area contributed by atoms with Gasteiger partial charge in [0.05, 0.1) is 17.7 Å². The maximum absolute atomic E-state index is 12.8. The molecule has 1 N–H and O–H groups in total. The summed E-state index contributed by atoms with van der Waals surface area (Å²) in [5, 5.41) is 3.46. The predicted molar refractivity (Wildman–Crippen MR) is 108 cm³/mol. The summed E-state index contributed by atoms with van der Waals surface area (Å²) in [6, 6.07) is 14.0. The molecule has 6 nitrogen and oxygen atoms in total. The predicted octanol–water partition coefficient (Wildman–Crippen LogP) is 4.20. The van der Waals surface area contributed by atoms with E-state index in [1.807, 2.05) is 12.1 Å². The number of anilines is 1. The highest BCUT2D eigenvalue weighted by molar-refractivity contribution is 7.98. The number of thioether (sulfide) groups is 1. The molecule has 0 atom stereocenters. The summed E-state index contributed by atoms with van der Waals surface area (Å²) in [5.41, 5.74) is 2.48. The van der Waals surface area contributed by atoms with Gasteiger partial charge in [-0.3, -0.25) is 9.78 Å². The number of amides is 1. The highest BCUT2D eigenvalue weighted by Gasteiger charge is 2.14. The highest BCUT2D eigenvalue weighted by Crippen LogP contribution is 2.25. The zero-order valence-corrected chi connectivity index (χ0v) is 16.1. The van der Waals surface area contributed by atoms with Crippen LogP contribution in [0.2, 0.25) is 0 Å². The van der Waals surface area contributed by atoms with E-state index in [2.05, 4.69) is 15.3 Å². The van der Waals surface area contributed by atoms with Crippen molar-refractivity contribution in [2.45, 2.75) is 17.7 Å². The number of nitrogens with zero attached hydrogens (tertiary/aromatic N) is 2. The second-order valence-corrected chi connectivity index (χ2v) is 6.72. The Kier molecular flexibility index (Phi) is 6.75. The maximum Gasteiger partial charge on any atom is 0.338 e. The van der Waals surface area contributed by atoms with Crippen molar-refractivity contribution in [2.75, 3.05) is 11.9 Å². The molecule has 0 fully saturated rings.